The molecule has 0 aliphatic heterocycles. The quantitative estimate of drug-likeness (QED) is 0.506. The third kappa shape index (κ3) is 0.844. The first-order chi connectivity index (χ1) is 5.29. The second-order valence-corrected chi connectivity index (χ2v) is 2.52. The van der Waals surface area contributed by atoms with Crippen molar-refractivity contribution >= 4 is 19.0 Å². The van der Waals surface area contributed by atoms with Gasteiger partial charge in [-0.05, 0) is 19.1 Å². The van der Waals surface area contributed by atoms with Gasteiger partial charge in [0.15, 0.2) is 0 Å². The zero-order chi connectivity index (χ0) is 7.84. The summed E-state index contributed by atoms with van der Waals surface area (Å²) in [5.41, 5.74) is 1.93. The third-order valence-electron chi connectivity index (χ3n) is 1.77. The van der Waals surface area contributed by atoms with Gasteiger partial charge >= 0.3 is 0 Å². The summed E-state index contributed by atoms with van der Waals surface area (Å²) in [6.07, 6.45) is 0. The van der Waals surface area contributed by atoms with Gasteiger partial charge in [0.05, 0.1) is 16.9 Å². The Morgan fingerprint density at radius 1 is 1.36 bits per heavy atom. The summed E-state index contributed by atoms with van der Waals surface area (Å²) in [6, 6.07) is 7.81. The van der Waals surface area contributed by atoms with Gasteiger partial charge in [0.2, 0.25) is 7.98 Å². The average Bonchev–Trinajstić information content (AvgIpc) is 2.30. The highest BCUT2D eigenvalue weighted by molar-refractivity contribution is 6.11. The van der Waals surface area contributed by atoms with E-state index in [2.05, 4.69) is 4.98 Å². The highest BCUT2D eigenvalue weighted by atomic mass is 15.0. The number of rotatable bonds is 0. The van der Waals surface area contributed by atoms with Crippen LogP contribution in [0.4, 0.5) is 0 Å². The van der Waals surface area contributed by atoms with E-state index in [1.54, 1.807) is 4.48 Å². The molecule has 11 heavy (non-hydrogen) atoms. The van der Waals surface area contributed by atoms with Crippen LogP contribution in [0, 0.1) is 6.92 Å². The van der Waals surface area contributed by atoms with E-state index in [0.717, 1.165) is 16.9 Å². The smallest absolute Gasteiger partial charge is 0.236 e. The Morgan fingerprint density at radius 2 is 2.09 bits per heavy atom. The molecule has 2 radical (unpaired) electrons. The standard InChI is InChI=1S/C8H7BN2/c1-6-10-7-4-2-3-5-8(7)11(6)9/h2-5H,1H3. The molecule has 3 heteroatoms. The van der Waals surface area contributed by atoms with Gasteiger partial charge < -0.3 is 4.48 Å². The first-order valence-corrected chi connectivity index (χ1v) is 3.48. The van der Waals surface area contributed by atoms with Crippen LogP contribution < -0.4 is 0 Å². The van der Waals surface area contributed by atoms with E-state index in [0.29, 0.717) is 0 Å². The molecule has 1 aromatic heterocycles. The highest BCUT2D eigenvalue weighted by Gasteiger charge is 1.99. The second kappa shape index (κ2) is 2.12. The van der Waals surface area contributed by atoms with Crippen LogP contribution in [0.15, 0.2) is 24.3 Å². The maximum Gasteiger partial charge on any atom is 0.236 e. The molecule has 0 atom stereocenters. The Balaban J connectivity index is 2.92. The summed E-state index contributed by atoms with van der Waals surface area (Å²) in [5, 5.41) is 0. The van der Waals surface area contributed by atoms with Gasteiger partial charge in [-0.25, -0.2) is 4.98 Å². The van der Waals surface area contributed by atoms with Crippen LogP contribution in [0.5, 0.6) is 0 Å². The monoisotopic (exact) mass is 142 g/mol. The predicted molar refractivity (Wildman–Crippen MR) is 45.6 cm³/mol. The van der Waals surface area contributed by atoms with Crippen molar-refractivity contribution in [3.8, 4) is 0 Å². The van der Waals surface area contributed by atoms with Crippen LogP contribution in [-0.2, 0) is 0 Å². The molecular formula is C8H7BN2. The molecule has 0 fully saturated rings. The predicted octanol–water partition coefficient (Wildman–Crippen LogP) is 1.28. The van der Waals surface area contributed by atoms with E-state index in [1.165, 1.54) is 0 Å². The normalized spacial score (nSPS) is 10.6. The highest BCUT2D eigenvalue weighted by Crippen LogP contribution is 2.12. The Kier molecular flexibility index (Phi) is 1.25. The molecule has 0 saturated carbocycles. The van der Waals surface area contributed by atoms with Crippen molar-refractivity contribution in [1.82, 2.24) is 9.46 Å². The maximum atomic E-state index is 5.69. The summed E-state index contributed by atoms with van der Waals surface area (Å²) in [6.45, 7) is 1.89. The number of aryl methyl sites for hydroxylation is 1. The molecule has 2 rings (SSSR count). The molecule has 0 spiro atoms. The lowest BCUT2D eigenvalue weighted by molar-refractivity contribution is 1.10. The van der Waals surface area contributed by atoms with Crippen LogP contribution in [0.3, 0.4) is 0 Å². The van der Waals surface area contributed by atoms with Crippen LogP contribution in [0.2, 0.25) is 0 Å². The lowest BCUT2D eigenvalue weighted by atomic mass is 10.3. The minimum atomic E-state index is 0.839. The number of aromatic nitrogens is 2. The molecule has 2 nitrogen and oxygen atoms in total. The Bertz CT molecular complexity index is 392. The zero-order valence-corrected chi connectivity index (χ0v) is 6.28. The van der Waals surface area contributed by atoms with Crippen molar-refractivity contribution in [2.45, 2.75) is 6.92 Å². The van der Waals surface area contributed by atoms with Crippen LogP contribution in [0.1, 0.15) is 5.82 Å². The lowest BCUT2D eigenvalue weighted by Crippen LogP contribution is -1.92. The summed E-state index contributed by atoms with van der Waals surface area (Å²) in [5.74, 6) is 0.839. The van der Waals surface area contributed by atoms with Crippen molar-refractivity contribution in [2.75, 3.05) is 0 Å². The number of hydrogen-bond acceptors (Lipinski definition) is 1. The number of benzene rings is 1. The molecule has 0 aliphatic carbocycles. The Labute approximate surface area is 66.3 Å². The molecule has 1 aromatic carbocycles. The molecule has 0 amide bonds. The lowest BCUT2D eigenvalue weighted by Gasteiger charge is -1.94. The van der Waals surface area contributed by atoms with Gasteiger partial charge in [0, 0.05) is 0 Å². The summed E-state index contributed by atoms with van der Waals surface area (Å²) >= 11 is 0. The van der Waals surface area contributed by atoms with Crippen molar-refractivity contribution in [3.63, 3.8) is 0 Å². The molecule has 0 aliphatic rings. The van der Waals surface area contributed by atoms with E-state index in [-0.39, 0.29) is 0 Å². The van der Waals surface area contributed by atoms with Gasteiger partial charge in [-0.3, -0.25) is 0 Å². The van der Waals surface area contributed by atoms with E-state index in [9.17, 15) is 0 Å². The van der Waals surface area contributed by atoms with Gasteiger partial charge in [0.1, 0.15) is 0 Å². The van der Waals surface area contributed by atoms with Crippen LogP contribution in [-0.4, -0.2) is 17.4 Å². The SMILES string of the molecule is [B]n1c(C)nc2ccccc21. The molecule has 0 unspecified atom stereocenters. The number of hydrogen-bond donors (Lipinski definition) is 0. The number of para-hydroxylation sites is 2. The molecule has 0 saturated heterocycles. The Morgan fingerprint density at radius 3 is 2.82 bits per heavy atom. The number of fused-ring (bicyclic) bond motifs is 1. The number of nitrogens with zero attached hydrogens (tertiary/aromatic N) is 2. The number of imidazole rings is 1. The van der Waals surface area contributed by atoms with Crippen molar-refractivity contribution in [2.24, 2.45) is 0 Å². The van der Waals surface area contributed by atoms with Crippen LogP contribution in [0.25, 0.3) is 11.0 Å². The molecule has 2 aromatic rings. The van der Waals surface area contributed by atoms with E-state index in [1.807, 2.05) is 31.2 Å². The summed E-state index contributed by atoms with van der Waals surface area (Å²) in [4.78, 5) is 4.25. The topological polar surface area (TPSA) is 17.8 Å². The molecule has 0 N–H and O–H groups in total. The van der Waals surface area contributed by atoms with Gasteiger partial charge in [-0.15, -0.1) is 0 Å². The third-order valence-corrected chi connectivity index (χ3v) is 1.77. The summed E-state index contributed by atoms with van der Waals surface area (Å²) in [7, 11) is 5.69. The largest absolute Gasteiger partial charge is 0.385 e. The fourth-order valence-electron chi connectivity index (χ4n) is 1.16. The first kappa shape index (κ1) is 6.46. The minimum Gasteiger partial charge on any atom is -0.385 e. The fourth-order valence-corrected chi connectivity index (χ4v) is 1.16. The van der Waals surface area contributed by atoms with Crippen molar-refractivity contribution in [1.29, 1.82) is 0 Å². The molecular weight excluding hydrogens is 135 g/mol. The van der Waals surface area contributed by atoms with Gasteiger partial charge in [-0.1, -0.05) is 12.1 Å². The fraction of sp³-hybridized carbons (Fsp3) is 0.125. The van der Waals surface area contributed by atoms with E-state index >= 15 is 0 Å². The average molecular weight is 142 g/mol. The van der Waals surface area contributed by atoms with Gasteiger partial charge in [0.25, 0.3) is 0 Å². The van der Waals surface area contributed by atoms with Crippen LogP contribution >= 0.6 is 0 Å². The Hall–Kier alpha value is -1.25. The minimum absolute atomic E-state index is 0.839. The zero-order valence-electron chi connectivity index (χ0n) is 6.28. The van der Waals surface area contributed by atoms with Gasteiger partial charge in [-0.2, -0.15) is 0 Å². The summed E-state index contributed by atoms with van der Waals surface area (Å²) < 4.78 is 1.59. The van der Waals surface area contributed by atoms with Crippen molar-refractivity contribution in [3.05, 3.63) is 30.1 Å². The van der Waals surface area contributed by atoms with E-state index in [4.69, 9.17) is 7.98 Å². The van der Waals surface area contributed by atoms with Crippen molar-refractivity contribution < 1.29 is 0 Å². The second-order valence-electron chi connectivity index (χ2n) is 2.52. The van der Waals surface area contributed by atoms with E-state index < -0.39 is 0 Å². The molecule has 0 bridgehead atoms. The maximum absolute atomic E-state index is 5.69. The first-order valence-electron chi connectivity index (χ1n) is 3.48. The molecule has 1 heterocycles. The molecule has 52 valence electrons.